The van der Waals surface area contributed by atoms with Gasteiger partial charge in [-0.2, -0.15) is 5.10 Å². The average molecular weight is 278 g/mol. The molecule has 1 aromatic rings. The third-order valence-electron chi connectivity index (χ3n) is 3.13. The largest absolute Gasteiger partial charge is 0.352 e. The van der Waals surface area contributed by atoms with E-state index in [1.807, 2.05) is 0 Å². The molecule has 0 saturated heterocycles. The van der Waals surface area contributed by atoms with E-state index in [0.29, 0.717) is 17.7 Å². The minimum atomic E-state index is -0.263. The van der Waals surface area contributed by atoms with E-state index >= 15 is 0 Å². The Morgan fingerprint density at radius 1 is 1.45 bits per heavy atom. The molecule has 0 radical (unpaired) electrons. The van der Waals surface area contributed by atoms with E-state index < -0.39 is 0 Å². The highest BCUT2D eigenvalue weighted by atomic mass is 16.2. The number of aryl methyl sites for hydroxylation is 1. The summed E-state index contributed by atoms with van der Waals surface area (Å²) in [7, 11) is 1.74. The molecule has 6 heteroatoms. The lowest BCUT2D eigenvalue weighted by molar-refractivity contribution is -0.120. The summed E-state index contributed by atoms with van der Waals surface area (Å²) in [6, 6.07) is 2.10. The van der Waals surface area contributed by atoms with Crippen LogP contribution in [0.25, 0.3) is 0 Å². The molecule has 0 aromatic carbocycles. The fraction of sp³-hybridized carbons (Fsp3) is 0.643. The zero-order valence-electron chi connectivity index (χ0n) is 12.3. The molecule has 0 aliphatic heterocycles. The molecule has 0 bridgehead atoms. The van der Waals surface area contributed by atoms with E-state index in [0.717, 1.165) is 25.0 Å². The highest BCUT2D eigenvalue weighted by Crippen LogP contribution is 2.18. The van der Waals surface area contributed by atoms with Gasteiger partial charge in [-0.3, -0.25) is 14.3 Å². The molecule has 1 aliphatic carbocycles. The number of nitrogens with zero attached hydrogens (tertiary/aromatic N) is 2. The van der Waals surface area contributed by atoms with Crippen LogP contribution in [0.4, 0.5) is 0 Å². The second kappa shape index (κ2) is 6.07. The number of carbonyl (C=O) groups excluding carboxylic acids is 2. The summed E-state index contributed by atoms with van der Waals surface area (Å²) in [4.78, 5) is 23.5. The van der Waals surface area contributed by atoms with Crippen molar-refractivity contribution in [3.8, 4) is 0 Å². The van der Waals surface area contributed by atoms with Crippen LogP contribution in [-0.4, -0.2) is 34.2 Å². The van der Waals surface area contributed by atoms with Crippen LogP contribution in [0.2, 0.25) is 0 Å². The number of amides is 2. The van der Waals surface area contributed by atoms with Gasteiger partial charge in [-0.25, -0.2) is 0 Å². The first kappa shape index (κ1) is 14.6. The molecule has 1 aromatic heterocycles. The Labute approximate surface area is 118 Å². The quantitative estimate of drug-likeness (QED) is 0.801. The molecule has 0 unspecified atom stereocenters. The summed E-state index contributed by atoms with van der Waals surface area (Å²) in [5, 5.41) is 9.77. The van der Waals surface area contributed by atoms with Crippen molar-refractivity contribution >= 4 is 11.8 Å². The van der Waals surface area contributed by atoms with E-state index in [1.54, 1.807) is 17.8 Å². The number of nitrogens with one attached hydrogen (secondary N) is 2. The first-order chi connectivity index (χ1) is 9.45. The van der Waals surface area contributed by atoms with Crippen LogP contribution in [0.5, 0.6) is 0 Å². The molecule has 2 rings (SSSR count). The normalized spacial score (nSPS) is 14.4. The predicted octanol–water partition coefficient (Wildman–Crippen LogP) is 0.627. The summed E-state index contributed by atoms with van der Waals surface area (Å²) in [6.45, 7) is 4.23. The molecular formula is C14H22N4O2. The molecule has 2 N–H and O–H groups in total. The first-order valence-electron chi connectivity index (χ1n) is 7.06. The maximum atomic E-state index is 12.0. The van der Waals surface area contributed by atoms with E-state index in [9.17, 15) is 9.59 Å². The van der Waals surface area contributed by atoms with Crippen molar-refractivity contribution in [3.63, 3.8) is 0 Å². The molecule has 0 spiro atoms. The van der Waals surface area contributed by atoms with Gasteiger partial charge in [-0.1, -0.05) is 13.8 Å². The smallest absolute Gasteiger partial charge is 0.269 e. The maximum absolute atomic E-state index is 12.0. The molecular weight excluding hydrogens is 256 g/mol. The number of hydrogen-bond donors (Lipinski definition) is 2. The predicted molar refractivity (Wildman–Crippen MR) is 75.2 cm³/mol. The van der Waals surface area contributed by atoms with E-state index in [2.05, 4.69) is 29.6 Å². The molecule has 2 amide bonds. The third kappa shape index (κ3) is 4.08. The maximum Gasteiger partial charge on any atom is 0.269 e. The summed E-state index contributed by atoms with van der Waals surface area (Å²) in [5.74, 6) is 0.0940. The Morgan fingerprint density at radius 3 is 2.75 bits per heavy atom. The average Bonchev–Trinajstić information content (AvgIpc) is 3.08. The zero-order valence-corrected chi connectivity index (χ0v) is 12.3. The summed E-state index contributed by atoms with van der Waals surface area (Å²) in [6.07, 6.45) is 2.92. The van der Waals surface area contributed by atoms with Gasteiger partial charge in [-0.15, -0.1) is 0 Å². The van der Waals surface area contributed by atoms with Crippen LogP contribution in [0.3, 0.4) is 0 Å². The summed E-state index contributed by atoms with van der Waals surface area (Å²) in [5.41, 5.74) is 1.38. The Hall–Kier alpha value is -1.85. The van der Waals surface area contributed by atoms with Gasteiger partial charge in [0.25, 0.3) is 5.91 Å². The van der Waals surface area contributed by atoms with Crippen molar-refractivity contribution in [2.24, 2.45) is 13.0 Å². The topological polar surface area (TPSA) is 76.0 Å². The summed E-state index contributed by atoms with van der Waals surface area (Å²) < 4.78 is 1.56. The standard InChI is InChI=1S/C14H22N4O2/c1-9(2)6-11-7-12(18(3)17-11)14(20)15-8-13(19)16-10-4-5-10/h7,9-10H,4-6,8H2,1-3H3,(H,15,20)(H,16,19). The second-order valence-electron chi connectivity index (χ2n) is 5.77. The first-order valence-corrected chi connectivity index (χ1v) is 7.06. The monoisotopic (exact) mass is 278 g/mol. The number of aromatic nitrogens is 2. The van der Waals surface area contributed by atoms with Gasteiger partial charge in [0, 0.05) is 13.1 Å². The molecule has 6 nitrogen and oxygen atoms in total. The summed E-state index contributed by atoms with van der Waals surface area (Å²) >= 11 is 0. The Bertz CT molecular complexity index is 503. The van der Waals surface area contributed by atoms with Crippen LogP contribution < -0.4 is 10.6 Å². The van der Waals surface area contributed by atoms with Gasteiger partial charge in [0.2, 0.25) is 5.91 Å². The molecule has 1 saturated carbocycles. The lowest BCUT2D eigenvalue weighted by Gasteiger charge is -2.05. The van der Waals surface area contributed by atoms with Gasteiger partial charge in [0.15, 0.2) is 0 Å². The number of rotatable bonds is 6. The number of hydrogen-bond acceptors (Lipinski definition) is 3. The Balaban J connectivity index is 1.87. The van der Waals surface area contributed by atoms with Gasteiger partial charge in [-0.05, 0) is 31.2 Å². The van der Waals surface area contributed by atoms with E-state index in [1.165, 1.54) is 0 Å². The lowest BCUT2D eigenvalue weighted by atomic mass is 10.1. The van der Waals surface area contributed by atoms with Crippen molar-refractivity contribution in [2.75, 3.05) is 6.54 Å². The zero-order chi connectivity index (χ0) is 14.7. The molecule has 1 fully saturated rings. The van der Waals surface area contributed by atoms with Gasteiger partial charge >= 0.3 is 0 Å². The van der Waals surface area contributed by atoms with Crippen molar-refractivity contribution in [1.82, 2.24) is 20.4 Å². The van der Waals surface area contributed by atoms with Crippen molar-refractivity contribution in [2.45, 2.75) is 39.2 Å². The highest BCUT2D eigenvalue weighted by Gasteiger charge is 2.23. The van der Waals surface area contributed by atoms with E-state index in [-0.39, 0.29) is 18.4 Å². The Kier molecular flexibility index (Phi) is 4.42. The van der Waals surface area contributed by atoms with Gasteiger partial charge in [0.1, 0.15) is 5.69 Å². The van der Waals surface area contributed by atoms with Crippen molar-refractivity contribution < 1.29 is 9.59 Å². The lowest BCUT2D eigenvalue weighted by Crippen LogP contribution is -2.38. The SMILES string of the molecule is CC(C)Cc1cc(C(=O)NCC(=O)NC2CC2)n(C)n1. The minimum absolute atomic E-state index is 0.0139. The Morgan fingerprint density at radius 2 is 2.15 bits per heavy atom. The molecule has 1 aliphatic rings. The van der Waals surface area contributed by atoms with E-state index in [4.69, 9.17) is 0 Å². The second-order valence-corrected chi connectivity index (χ2v) is 5.77. The third-order valence-corrected chi connectivity index (χ3v) is 3.13. The number of carbonyl (C=O) groups is 2. The molecule has 20 heavy (non-hydrogen) atoms. The van der Waals surface area contributed by atoms with Crippen LogP contribution in [0, 0.1) is 5.92 Å². The van der Waals surface area contributed by atoms with Crippen LogP contribution in [-0.2, 0) is 18.3 Å². The highest BCUT2D eigenvalue weighted by molar-refractivity contribution is 5.95. The van der Waals surface area contributed by atoms with Crippen LogP contribution in [0.15, 0.2) is 6.07 Å². The fourth-order valence-corrected chi connectivity index (χ4v) is 2.01. The molecule has 1 heterocycles. The van der Waals surface area contributed by atoms with Crippen molar-refractivity contribution in [3.05, 3.63) is 17.5 Å². The molecule has 110 valence electrons. The van der Waals surface area contributed by atoms with Crippen LogP contribution >= 0.6 is 0 Å². The van der Waals surface area contributed by atoms with Crippen molar-refractivity contribution in [1.29, 1.82) is 0 Å². The van der Waals surface area contributed by atoms with Gasteiger partial charge in [0.05, 0.1) is 12.2 Å². The fourth-order valence-electron chi connectivity index (χ4n) is 2.01. The minimum Gasteiger partial charge on any atom is -0.352 e. The van der Waals surface area contributed by atoms with Gasteiger partial charge < -0.3 is 10.6 Å². The molecule has 0 atom stereocenters. The van der Waals surface area contributed by atoms with Crippen LogP contribution in [0.1, 0.15) is 42.9 Å².